The van der Waals surface area contributed by atoms with E-state index in [4.69, 9.17) is 16.9 Å². The second kappa shape index (κ2) is 5.84. The van der Waals surface area contributed by atoms with Gasteiger partial charge in [-0.15, -0.1) is 0 Å². The lowest BCUT2D eigenvalue weighted by molar-refractivity contribution is 1.14. The second-order valence-corrected chi connectivity index (χ2v) is 3.87. The molecular formula is C12H10ClN5. The maximum atomic E-state index is 8.47. The lowest BCUT2D eigenvalue weighted by atomic mass is 10.3. The van der Waals surface area contributed by atoms with Crippen molar-refractivity contribution in [1.82, 2.24) is 9.97 Å². The van der Waals surface area contributed by atoms with Crippen molar-refractivity contribution in [3.8, 4) is 6.07 Å². The topological polar surface area (TPSA) is 73.6 Å². The Kier molecular flexibility index (Phi) is 3.94. The first-order valence-electron chi connectivity index (χ1n) is 5.23. The molecule has 0 amide bonds. The molecule has 2 N–H and O–H groups in total. The van der Waals surface area contributed by atoms with Crippen LogP contribution in [0.5, 0.6) is 0 Å². The van der Waals surface area contributed by atoms with Crippen LogP contribution in [0.25, 0.3) is 0 Å². The van der Waals surface area contributed by atoms with Gasteiger partial charge in [0.05, 0.1) is 6.07 Å². The summed E-state index contributed by atoms with van der Waals surface area (Å²) in [5.74, 6) is 1.25. The molecule has 1 heterocycles. The highest BCUT2D eigenvalue weighted by Gasteiger charge is 1.99. The first kappa shape index (κ1) is 12.1. The molecule has 0 atom stereocenters. The van der Waals surface area contributed by atoms with Crippen LogP contribution in [0.4, 0.5) is 17.3 Å². The van der Waals surface area contributed by atoms with Crippen LogP contribution < -0.4 is 10.6 Å². The van der Waals surface area contributed by atoms with Gasteiger partial charge in [0.1, 0.15) is 24.5 Å². The Morgan fingerprint density at radius 1 is 1.17 bits per heavy atom. The minimum absolute atomic E-state index is 0.206. The van der Waals surface area contributed by atoms with Crippen LogP contribution in [0, 0.1) is 11.3 Å². The first-order chi connectivity index (χ1) is 8.78. The number of halogens is 1. The highest BCUT2D eigenvalue weighted by molar-refractivity contribution is 6.30. The van der Waals surface area contributed by atoms with Crippen molar-refractivity contribution in [2.75, 3.05) is 17.2 Å². The number of aromatic nitrogens is 2. The summed E-state index contributed by atoms with van der Waals surface area (Å²) in [6.45, 7) is 0.206. The van der Waals surface area contributed by atoms with E-state index in [1.54, 1.807) is 18.2 Å². The Morgan fingerprint density at radius 2 is 1.89 bits per heavy atom. The maximum Gasteiger partial charge on any atom is 0.135 e. The van der Waals surface area contributed by atoms with E-state index in [-0.39, 0.29) is 6.54 Å². The van der Waals surface area contributed by atoms with Crippen LogP contribution in [0.1, 0.15) is 0 Å². The molecule has 0 aliphatic carbocycles. The van der Waals surface area contributed by atoms with Gasteiger partial charge in [-0.1, -0.05) is 11.6 Å². The molecule has 18 heavy (non-hydrogen) atoms. The van der Waals surface area contributed by atoms with Crippen molar-refractivity contribution in [3.63, 3.8) is 0 Å². The van der Waals surface area contributed by atoms with Gasteiger partial charge in [0, 0.05) is 16.8 Å². The fraction of sp³-hybridized carbons (Fsp3) is 0.0833. The van der Waals surface area contributed by atoms with Crippen molar-refractivity contribution in [2.24, 2.45) is 0 Å². The van der Waals surface area contributed by atoms with Crippen molar-refractivity contribution >= 4 is 28.9 Å². The van der Waals surface area contributed by atoms with Gasteiger partial charge in [0.15, 0.2) is 0 Å². The van der Waals surface area contributed by atoms with E-state index in [9.17, 15) is 0 Å². The predicted molar refractivity (Wildman–Crippen MR) is 70.9 cm³/mol. The molecule has 0 radical (unpaired) electrons. The zero-order valence-corrected chi connectivity index (χ0v) is 10.1. The van der Waals surface area contributed by atoms with Gasteiger partial charge < -0.3 is 10.6 Å². The molecular weight excluding hydrogens is 250 g/mol. The summed E-state index contributed by atoms with van der Waals surface area (Å²) in [4.78, 5) is 8.09. The Bertz CT molecular complexity index is 561. The third kappa shape index (κ3) is 3.34. The Labute approximate surface area is 109 Å². The van der Waals surface area contributed by atoms with Crippen LogP contribution in [-0.2, 0) is 0 Å². The van der Waals surface area contributed by atoms with Crippen molar-refractivity contribution in [2.45, 2.75) is 0 Å². The van der Waals surface area contributed by atoms with Gasteiger partial charge in [-0.05, 0) is 24.3 Å². The molecule has 0 saturated heterocycles. The molecule has 0 aliphatic rings. The fourth-order valence-corrected chi connectivity index (χ4v) is 1.46. The molecule has 6 heteroatoms. The summed E-state index contributed by atoms with van der Waals surface area (Å²) in [7, 11) is 0. The molecule has 1 aromatic heterocycles. The van der Waals surface area contributed by atoms with Gasteiger partial charge in [0.2, 0.25) is 0 Å². The third-order valence-corrected chi connectivity index (χ3v) is 2.38. The molecule has 0 aliphatic heterocycles. The number of anilines is 3. The Balaban J connectivity index is 2.09. The van der Waals surface area contributed by atoms with E-state index in [1.807, 2.05) is 18.2 Å². The predicted octanol–water partition coefficient (Wildman–Crippen LogP) is 2.81. The molecule has 0 bridgehead atoms. The second-order valence-electron chi connectivity index (χ2n) is 3.43. The molecule has 90 valence electrons. The minimum atomic E-state index is 0.206. The standard InChI is InChI=1S/C12H10ClN5/c13-9-1-3-10(4-2-9)18-12-7-11(15-6-5-14)16-8-17-12/h1-4,7-8H,6H2,(H2,15,16,17,18). The molecule has 1 aromatic carbocycles. The maximum absolute atomic E-state index is 8.47. The normalized spacial score (nSPS) is 9.56. The highest BCUT2D eigenvalue weighted by Crippen LogP contribution is 2.18. The zero-order chi connectivity index (χ0) is 12.8. The fourth-order valence-electron chi connectivity index (χ4n) is 1.33. The molecule has 0 unspecified atom stereocenters. The van der Waals surface area contributed by atoms with Gasteiger partial charge in [-0.2, -0.15) is 5.26 Å². The summed E-state index contributed by atoms with van der Waals surface area (Å²) in [6, 6.07) is 11.0. The van der Waals surface area contributed by atoms with Crippen LogP contribution in [0.2, 0.25) is 5.02 Å². The molecule has 2 rings (SSSR count). The van der Waals surface area contributed by atoms with Crippen LogP contribution in [0.3, 0.4) is 0 Å². The van der Waals surface area contributed by atoms with Crippen LogP contribution in [-0.4, -0.2) is 16.5 Å². The van der Waals surface area contributed by atoms with E-state index in [0.717, 1.165) is 5.69 Å². The number of benzene rings is 1. The largest absolute Gasteiger partial charge is 0.357 e. The van der Waals surface area contributed by atoms with Gasteiger partial charge >= 0.3 is 0 Å². The van der Waals surface area contributed by atoms with Crippen molar-refractivity contribution in [1.29, 1.82) is 5.26 Å². The number of hydrogen-bond donors (Lipinski definition) is 2. The van der Waals surface area contributed by atoms with E-state index in [2.05, 4.69) is 20.6 Å². The van der Waals surface area contributed by atoms with Crippen molar-refractivity contribution in [3.05, 3.63) is 41.7 Å². The number of nitrogens with one attached hydrogen (secondary N) is 2. The Hall–Kier alpha value is -2.32. The number of rotatable bonds is 4. The molecule has 0 saturated carbocycles. The third-order valence-electron chi connectivity index (χ3n) is 2.13. The average Bonchev–Trinajstić information content (AvgIpc) is 2.40. The quantitative estimate of drug-likeness (QED) is 0.826. The lowest BCUT2D eigenvalue weighted by Crippen LogP contribution is -2.02. The number of hydrogen-bond acceptors (Lipinski definition) is 5. The average molecular weight is 260 g/mol. The smallest absolute Gasteiger partial charge is 0.135 e. The minimum Gasteiger partial charge on any atom is -0.357 e. The van der Waals surface area contributed by atoms with E-state index in [0.29, 0.717) is 16.7 Å². The highest BCUT2D eigenvalue weighted by atomic mass is 35.5. The van der Waals surface area contributed by atoms with E-state index < -0.39 is 0 Å². The SMILES string of the molecule is N#CCNc1cc(Nc2ccc(Cl)cc2)ncn1. The molecule has 0 spiro atoms. The first-order valence-corrected chi connectivity index (χ1v) is 5.61. The summed E-state index contributed by atoms with van der Waals surface area (Å²) in [5.41, 5.74) is 0.879. The van der Waals surface area contributed by atoms with E-state index in [1.165, 1.54) is 6.33 Å². The van der Waals surface area contributed by atoms with Crippen LogP contribution >= 0.6 is 11.6 Å². The van der Waals surface area contributed by atoms with Gasteiger partial charge in [-0.25, -0.2) is 9.97 Å². The van der Waals surface area contributed by atoms with Gasteiger partial charge in [-0.3, -0.25) is 0 Å². The van der Waals surface area contributed by atoms with Gasteiger partial charge in [0.25, 0.3) is 0 Å². The van der Waals surface area contributed by atoms with Crippen LogP contribution in [0.15, 0.2) is 36.7 Å². The van der Waals surface area contributed by atoms with E-state index >= 15 is 0 Å². The van der Waals surface area contributed by atoms with Crippen molar-refractivity contribution < 1.29 is 0 Å². The molecule has 5 nitrogen and oxygen atoms in total. The monoisotopic (exact) mass is 259 g/mol. The molecule has 2 aromatic rings. The zero-order valence-electron chi connectivity index (χ0n) is 9.39. The lowest BCUT2D eigenvalue weighted by Gasteiger charge is -2.07. The molecule has 0 fully saturated rings. The summed E-state index contributed by atoms with van der Waals surface area (Å²) < 4.78 is 0. The number of nitrogens with zero attached hydrogens (tertiary/aromatic N) is 3. The Morgan fingerprint density at radius 3 is 2.61 bits per heavy atom. The summed E-state index contributed by atoms with van der Waals surface area (Å²) in [5, 5.41) is 15.1. The summed E-state index contributed by atoms with van der Waals surface area (Å²) in [6.07, 6.45) is 1.43. The number of nitriles is 1. The summed E-state index contributed by atoms with van der Waals surface area (Å²) >= 11 is 5.80.